The van der Waals surface area contributed by atoms with Crippen molar-refractivity contribution in [3.8, 4) is 0 Å². The molecule has 2 heterocycles. The first kappa shape index (κ1) is 10.9. The molecule has 2 rings (SSSR count). The Kier molecular flexibility index (Phi) is 2.15. The maximum Gasteiger partial charge on any atom is 0.433 e. The summed E-state index contributed by atoms with van der Waals surface area (Å²) in [6, 6.07) is 0. The standard InChI is InChI=1S/C7H5F3N4OS/c1-2-3(7(8,9)10)12-6-14(4(2)15)13-5(11)16-6/h1H3,(H2,11,13). The number of nitrogens with zero attached hydrogens (tertiary/aromatic N) is 3. The molecule has 16 heavy (non-hydrogen) atoms. The van der Waals surface area contributed by atoms with Gasteiger partial charge in [-0.05, 0) is 6.92 Å². The van der Waals surface area contributed by atoms with Crippen LogP contribution < -0.4 is 11.3 Å². The SMILES string of the molecule is Cc1c(C(F)(F)F)nc2sc(N)nn2c1=O. The quantitative estimate of drug-likeness (QED) is 0.758. The van der Waals surface area contributed by atoms with E-state index in [9.17, 15) is 18.0 Å². The van der Waals surface area contributed by atoms with Crippen LogP contribution in [0.25, 0.3) is 4.96 Å². The predicted molar refractivity (Wildman–Crippen MR) is 51.3 cm³/mol. The van der Waals surface area contributed by atoms with Gasteiger partial charge in [-0.25, -0.2) is 4.98 Å². The topological polar surface area (TPSA) is 73.3 Å². The van der Waals surface area contributed by atoms with E-state index in [1.165, 1.54) is 0 Å². The lowest BCUT2D eigenvalue weighted by molar-refractivity contribution is -0.141. The number of hydrogen-bond acceptors (Lipinski definition) is 5. The molecule has 0 atom stereocenters. The van der Waals surface area contributed by atoms with Crippen LogP contribution in [0.15, 0.2) is 4.79 Å². The monoisotopic (exact) mass is 250 g/mol. The van der Waals surface area contributed by atoms with Crippen molar-refractivity contribution in [2.45, 2.75) is 13.1 Å². The summed E-state index contributed by atoms with van der Waals surface area (Å²) in [4.78, 5) is 14.7. The summed E-state index contributed by atoms with van der Waals surface area (Å²) in [5.41, 5.74) is 2.76. The van der Waals surface area contributed by atoms with Gasteiger partial charge in [-0.1, -0.05) is 11.3 Å². The predicted octanol–water partition coefficient (Wildman–Crippen LogP) is 1.06. The van der Waals surface area contributed by atoms with Gasteiger partial charge in [0.1, 0.15) is 0 Å². The van der Waals surface area contributed by atoms with Gasteiger partial charge in [0.25, 0.3) is 5.56 Å². The summed E-state index contributed by atoms with van der Waals surface area (Å²) < 4.78 is 38.3. The Balaban J connectivity index is 2.89. The van der Waals surface area contributed by atoms with E-state index in [1.54, 1.807) is 0 Å². The lowest BCUT2D eigenvalue weighted by Crippen LogP contribution is -2.24. The summed E-state index contributed by atoms with van der Waals surface area (Å²) in [5.74, 6) is 0. The molecule has 2 N–H and O–H groups in total. The first-order valence-corrected chi connectivity index (χ1v) is 4.85. The molecule has 0 saturated carbocycles. The summed E-state index contributed by atoms with van der Waals surface area (Å²) in [6.07, 6.45) is -4.66. The van der Waals surface area contributed by atoms with Gasteiger partial charge < -0.3 is 5.73 Å². The molecular formula is C7H5F3N4OS. The van der Waals surface area contributed by atoms with Gasteiger partial charge in [-0.15, -0.1) is 5.10 Å². The molecule has 86 valence electrons. The van der Waals surface area contributed by atoms with Crippen molar-refractivity contribution in [3.63, 3.8) is 0 Å². The molecule has 0 aliphatic rings. The van der Waals surface area contributed by atoms with Crippen LogP contribution in [0.3, 0.4) is 0 Å². The van der Waals surface area contributed by atoms with Crippen LogP contribution in [0.1, 0.15) is 11.3 Å². The molecule has 0 aromatic carbocycles. The lowest BCUT2D eigenvalue weighted by atomic mass is 10.2. The Hall–Kier alpha value is -1.64. The fourth-order valence-corrected chi connectivity index (χ4v) is 1.87. The van der Waals surface area contributed by atoms with Crippen molar-refractivity contribution >= 4 is 21.4 Å². The largest absolute Gasteiger partial charge is 0.433 e. The molecule has 0 unspecified atom stereocenters. The second kappa shape index (κ2) is 3.17. The number of halogens is 3. The number of fused-ring (bicyclic) bond motifs is 1. The Morgan fingerprint density at radius 2 is 2.06 bits per heavy atom. The van der Waals surface area contributed by atoms with Gasteiger partial charge in [-0.3, -0.25) is 4.79 Å². The zero-order valence-electron chi connectivity index (χ0n) is 7.87. The fraction of sp³-hybridized carbons (Fsp3) is 0.286. The summed E-state index contributed by atoms with van der Waals surface area (Å²) in [5, 5.41) is 3.56. The van der Waals surface area contributed by atoms with E-state index in [0.29, 0.717) is 0 Å². The van der Waals surface area contributed by atoms with Crippen LogP contribution in [0.4, 0.5) is 18.3 Å². The Morgan fingerprint density at radius 1 is 1.44 bits per heavy atom. The third-order valence-corrected chi connectivity index (χ3v) is 2.66. The smallest absolute Gasteiger partial charge is 0.374 e. The Bertz CT molecular complexity index is 614. The molecule has 0 radical (unpaired) electrons. The van der Waals surface area contributed by atoms with Crippen LogP contribution in [0.2, 0.25) is 0 Å². The average Bonchev–Trinajstić information content (AvgIpc) is 2.51. The lowest BCUT2D eigenvalue weighted by Gasteiger charge is -2.07. The highest BCUT2D eigenvalue weighted by Gasteiger charge is 2.36. The van der Waals surface area contributed by atoms with Crippen molar-refractivity contribution in [1.82, 2.24) is 14.6 Å². The number of alkyl halides is 3. The molecule has 0 spiro atoms. The summed E-state index contributed by atoms with van der Waals surface area (Å²) in [7, 11) is 0. The molecule has 2 aromatic rings. The van der Waals surface area contributed by atoms with E-state index >= 15 is 0 Å². The fourth-order valence-electron chi connectivity index (χ4n) is 1.22. The van der Waals surface area contributed by atoms with Gasteiger partial charge in [0.15, 0.2) is 5.69 Å². The maximum atomic E-state index is 12.5. The third-order valence-electron chi connectivity index (χ3n) is 1.92. The van der Waals surface area contributed by atoms with Crippen LogP contribution in [0.5, 0.6) is 0 Å². The van der Waals surface area contributed by atoms with Crippen LogP contribution >= 0.6 is 11.3 Å². The highest BCUT2D eigenvalue weighted by atomic mass is 32.1. The highest BCUT2D eigenvalue weighted by Crippen LogP contribution is 2.29. The van der Waals surface area contributed by atoms with Gasteiger partial charge in [0.05, 0.1) is 0 Å². The van der Waals surface area contributed by atoms with Gasteiger partial charge >= 0.3 is 6.18 Å². The second-order valence-corrected chi connectivity index (χ2v) is 4.01. The molecule has 2 aromatic heterocycles. The van der Waals surface area contributed by atoms with Crippen LogP contribution in [0, 0.1) is 6.92 Å². The van der Waals surface area contributed by atoms with Gasteiger partial charge in [0, 0.05) is 5.56 Å². The van der Waals surface area contributed by atoms with Crippen LogP contribution in [-0.4, -0.2) is 14.6 Å². The van der Waals surface area contributed by atoms with E-state index in [4.69, 9.17) is 5.73 Å². The highest BCUT2D eigenvalue weighted by molar-refractivity contribution is 7.20. The number of aromatic nitrogens is 3. The van der Waals surface area contributed by atoms with Gasteiger partial charge in [-0.2, -0.15) is 17.7 Å². The summed E-state index contributed by atoms with van der Waals surface area (Å²) in [6.45, 7) is 1.06. The molecule has 0 aliphatic carbocycles. The molecule has 0 fully saturated rings. The molecule has 5 nitrogen and oxygen atoms in total. The number of nitrogens with two attached hydrogens (primary N) is 1. The van der Waals surface area contributed by atoms with Crippen molar-refractivity contribution in [1.29, 1.82) is 0 Å². The Labute approximate surface area is 90.3 Å². The van der Waals surface area contributed by atoms with Crippen molar-refractivity contribution in [2.24, 2.45) is 0 Å². The molecule has 0 amide bonds. The molecule has 0 aliphatic heterocycles. The minimum absolute atomic E-state index is 0.0108. The van der Waals surface area contributed by atoms with Crippen molar-refractivity contribution < 1.29 is 13.2 Å². The van der Waals surface area contributed by atoms with E-state index in [-0.39, 0.29) is 10.1 Å². The zero-order valence-corrected chi connectivity index (χ0v) is 8.69. The Morgan fingerprint density at radius 3 is 2.62 bits per heavy atom. The maximum absolute atomic E-state index is 12.5. The number of nitrogen functional groups attached to an aromatic ring is 1. The molecular weight excluding hydrogens is 245 g/mol. The van der Waals surface area contributed by atoms with Crippen molar-refractivity contribution in [2.75, 3.05) is 5.73 Å². The number of rotatable bonds is 0. The normalized spacial score (nSPS) is 12.2. The minimum atomic E-state index is -4.66. The van der Waals surface area contributed by atoms with E-state index < -0.39 is 23.0 Å². The van der Waals surface area contributed by atoms with Crippen molar-refractivity contribution in [3.05, 3.63) is 21.6 Å². The number of hydrogen-bond donors (Lipinski definition) is 1. The van der Waals surface area contributed by atoms with E-state index in [2.05, 4.69) is 10.1 Å². The van der Waals surface area contributed by atoms with Crippen LogP contribution in [-0.2, 0) is 6.18 Å². The molecule has 0 saturated heterocycles. The minimum Gasteiger partial charge on any atom is -0.374 e. The third kappa shape index (κ3) is 1.52. The first-order valence-electron chi connectivity index (χ1n) is 4.04. The van der Waals surface area contributed by atoms with E-state index in [1.807, 2.05) is 0 Å². The number of anilines is 1. The molecule has 0 bridgehead atoms. The second-order valence-electron chi connectivity index (χ2n) is 3.02. The van der Waals surface area contributed by atoms with E-state index in [0.717, 1.165) is 22.8 Å². The zero-order chi connectivity index (χ0) is 12.1. The molecule has 9 heteroatoms. The summed E-state index contributed by atoms with van der Waals surface area (Å²) >= 11 is 0.724. The average molecular weight is 250 g/mol. The first-order chi connectivity index (χ1) is 7.30. The van der Waals surface area contributed by atoms with Gasteiger partial charge in [0.2, 0.25) is 10.1 Å².